The number of aromatic nitrogens is 2. The van der Waals surface area contributed by atoms with E-state index in [1.54, 1.807) is 11.3 Å². The van der Waals surface area contributed by atoms with E-state index < -0.39 is 6.04 Å². The van der Waals surface area contributed by atoms with Crippen LogP contribution in [0.1, 0.15) is 31.8 Å². The van der Waals surface area contributed by atoms with Crippen LogP contribution in [0.25, 0.3) is 87.5 Å². The molecular formula is C49H34N2S. The number of hydrogen-bond acceptors (Lipinski definition) is 3. The van der Waals surface area contributed by atoms with E-state index in [2.05, 4.69) is 105 Å². The maximum Gasteiger partial charge on any atom is 0.160 e. The van der Waals surface area contributed by atoms with E-state index >= 15 is 0 Å². The summed E-state index contributed by atoms with van der Waals surface area (Å²) in [5, 5.41) is 2.31. The van der Waals surface area contributed by atoms with Crippen molar-refractivity contribution in [2.45, 2.75) is 19.3 Å². The monoisotopic (exact) mass is 687 g/mol. The average Bonchev–Trinajstić information content (AvgIpc) is 3.73. The molecule has 0 bridgehead atoms. The molecule has 0 aliphatic heterocycles. The normalized spacial score (nSPS) is 14.3. The maximum atomic E-state index is 8.94. The van der Waals surface area contributed by atoms with Crippen LogP contribution in [-0.4, -0.2) is 9.97 Å². The summed E-state index contributed by atoms with van der Waals surface area (Å²) in [5.74, 6) is 0.562. The molecule has 0 radical (unpaired) electrons. The predicted octanol–water partition coefficient (Wildman–Crippen LogP) is 13.5. The third-order valence-electron chi connectivity index (χ3n) is 10.4. The van der Waals surface area contributed by atoms with E-state index in [0.29, 0.717) is 17.1 Å². The van der Waals surface area contributed by atoms with Gasteiger partial charge in [0.05, 0.1) is 18.2 Å². The zero-order valence-corrected chi connectivity index (χ0v) is 29.4. The van der Waals surface area contributed by atoms with Gasteiger partial charge in [-0.25, -0.2) is 9.97 Å². The molecule has 0 spiro atoms. The maximum absolute atomic E-state index is 8.94. The quantitative estimate of drug-likeness (QED) is 0.180. The van der Waals surface area contributed by atoms with Crippen molar-refractivity contribution in [1.29, 1.82) is 0 Å². The fourth-order valence-corrected chi connectivity index (χ4v) is 8.80. The van der Waals surface area contributed by atoms with Gasteiger partial charge >= 0.3 is 0 Å². The number of benzene rings is 7. The smallest absolute Gasteiger partial charge is 0.160 e. The van der Waals surface area contributed by atoms with Gasteiger partial charge < -0.3 is 0 Å². The van der Waals surface area contributed by atoms with Gasteiger partial charge in [0.1, 0.15) is 0 Å². The van der Waals surface area contributed by atoms with E-state index in [4.69, 9.17) is 16.8 Å². The highest BCUT2D eigenvalue weighted by molar-refractivity contribution is 7.25. The molecule has 2 heterocycles. The topological polar surface area (TPSA) is 25.8 Å². The zero-order valence-electron chi connectivity index (χ0n) is 33.6. The minimum atomic E-state index is -0.423. The van der Waals surface area contributed by atoms with Crippen LogP contribution >= 0.6 is 11.3 Å². The molecule has 246 valence electrons. The molecule has 0 unspecified atom stereocenters. The minimum absolute atomic E-state index is 0.143. The largest absolute Gasteiger partial charge is 0.228 e. The summed E-state index contributed by atoms with van der Waals surface area (Å²) in [6.45, 7) is 4.54. The Hall–Kier alpha value is -6.16. The molecule has 3 heteroatoms. The number of hydrogen-bond donors (Lipinski definition) is 0. The molecule has 0 fully saturated rings. The molecule has 1 aliphatic carbocycles. The molecular weight excluding hydrogens is 649 g/mol. The number of rotatable bonds is 5. The Morgan fingerprint density at radius 3 is 1.96 bits per heavy atom. The highest BCUT2D eigenvalue weighted by atomic mass is 32.1. The zero-order chi connectivity index (χ0) is 39.2. The Morgan fingerprint density at radius 2 is 1.12 bits per heavy atom. The molecule has 52 heavy (non-hydrogen) atoms. The Bertz CT molecular complexity index is 3090. The van der Waals surface area contributed by atoms with E-state index in [1.807, 2.05) is 48.5 Å². The highest BCUT2D eigenvalue weighted by Gasteiger charge is 2.35. The van der Waals surface area contributed by atoms with Gasteiger partial charge in [-0.2, -0.15) is 0 Å². The standard InChI is InChI=1S/C49H34N2S/c1-49(2)42-19-11-9-17-38(42)39-23-21-34(29-43(39)49)44-30-45(51-48(50-44)32-15-7-4-8-16-32)37-26-35(31-13-5-3-6-14-31)25-36(27-37)33-22-24-47-41(28-33)40-18-10-12-20-46(40)52-47/h3-30H,1-2H3/i3D,5D,6D,13D,14D. The summed E-state index contributed by atoms with van der Waals surface area (Å²) in [6, 6.07) is 46.1. The summed E-state index contributed by atoms with van der Waals surface area (Å²) in [4.78, 5) is 10.3. The Kier molecular flexibility index (Phi) is 5.93. The van der Waals surface area contributed by atoms with E-state index in [9.17, 15) is 0 Å². The van der Waals surface area contributed by atoms with E-state index in [-0.39, 0.29) is 35.1 Å². The van der Waals surface area contributed by atoms with Gasteiger partial charge in [0.2, 0.25) is 0 Å². The molecule has 0 saturated carbocycles. The van der Waals surface area contributed by atoms with Crippen molar-refractivity contribution in [3.05, 3.63) is 181 Å². The Balaban J connectivity index is 1.21. The van der Waals surface area contributed by atoms with E-state index in [1.165, 1.54) is 37.0 Å². The molecule has 1 aliphatic rings. The van der Waals surface area contributed by atoms with Crippen molar-refractivity contribution >= 4 is 31.5 Å². The first-order chi connectivity index (χ1) is 27.6. The van der Waals surface area contributed by atoms with Crippen LogP contribution in [0.15, 0.2) is 170 Å². The lowest BCUT2D eigenvalue weighted by atomic mass is 9.82. The molecule has 0 N–H and O–H groups in total. The molecule has 0 amide bonds. The lowest BCUT2D eigenvalue weighted by Crippen LogP contribution is -2.14. The van der Waals surface area contributed by atoms with Crippen molar-refractivity contribution in [3.63, 3.8) is 0 Å². The predicted molar refractivity (Wildman–Crippen MR) is 220 cm³/mol. The third-order valence-corrected chi connectivity index (χ3v) is 11.5. The van der Waals surface area contributed by atoms with Crippen molar-refractivity contribution in [3.8, 4) is 67.3 Å². The number of thiophene rings is 1. The summed E-state index contributed by atoms with van der Waals surface area (Å²) < 4.78 is 45.6. The van der Waals surface area contributed by atoms with Crippen LogP contribution in [0, 0.1) is 0 Å². The molecule has 10 rings (SSSR count). The Morgan fingerprint density at radius 1 is 0.462 bits per heavy atom. The average molecular weight is 688 g/mol. The van der Waals surface area contributed by atoms with Crippen molar-refractivity contribution in [2.75, 3.05) is 0 Å². The van der Waals surface area contributed by atoms with Gasteiger partial charge in [0.25, 0.3) is 0 Å². The molecule has 0 saturated heterocycles. The van der Waals surface area contributed by atoms with Crippen molar-refractivity contribution in [1.82, 2.24) is 9.97 Å². The fraction of sp³-hybridized carbons (Fsp3) is 0.0612. The minimum Gasteiger partial charge on any atom is -0.228 e. The first-order valence-corrected chi connectivity index (χ1v) is 18.2. The van der Waals surface area contributed by atoms with Crippen LogP contribution < -0.4 is 0 Å². The van der Waals surface area contributed by atoms with Gasteiger partial charge in [0, 0.05) is 42.3 Å². The molecule has 0 atom stereocenters. The summed E-state index contributed by atoms with van der Waals surface area (Å²) in [6.07, 6.45) is 0. The first-order valence-electron chi connectivity index (χ1n) is 19.9. The van der Waals surface area contributed by atoms with Crippen LogP contribution in [-0.2, 0) is 5.41 Å². The van der Waals surface area contributed by atoms with Gasteiger partial charge in [-0.1, -0.05) is 135 Å². The van der Waals surface area contributed by atoms with E-state index in [0.717, 1.165) is 38.9 Å². The van der Waals surface area contributed by atoms with Gasteiger partial charge in [0.15, 0.2) is 5.82 Å². The number of fused-ring (bicyclic) bond motifs is 6. The van der Waals surface area contributed by atoms with Crippen LogP contribution in [0.2, 0.25) is 0 Å². The highest BCUT2D eigenvalue weighted by Crippen LogP contribution is 2.49. The van der Waals surface area contributed by atoms with Crippen LogP contribution in [0.3, 0.4) is 0 Å². The molecule has 7 aromatic carbocycles. The molecule has 9 aromatic rings. The third kappa shape index (κ3) is 5.08. The van der Waals surface area contributed by atoms with Crippen molar-refractivity contribution in [2.24, 2.45) is 0 Å². The summed E-state index contributed by atoms with van der Waals surface area (Å²) in [5.41, 5.74) is 11.2. The Labute approximate surface area is 314 Å². The SMILES string of the molecule is [2H]c1c([2H])c([2H])c(-c2cc(-c3ccc4sc5ccccc5c4c3)cc(-c3cc(-c4ccc5c(c4)C(C)(C)c4ccccc4-5)nc(-c4ccccc4)n3)c2)c([2H])c1[2H]. The van der Waals surface area contributed by atoms with Crippen molar-refractivity contribution < 1.29 is 6.85 Å². The lowest BCUT2D eigenvalue weighted by Gasteiger charge is -2.22. The van der Waals surface area contributed by atoms with Crippen LogP contribution in [0.5, 0.6) is 0 Å². The second-order valence-electron chi connectivity index (χ2n) is 13.9. The molecule has 2 nitrogen and oxygen atoms in total. The second kappa shape index (κ2) is 12.0. The summed E-state index contributed by atoms with van der Waals surface area (Å²) in [7, 11) is 0. The molecule has 2 aromatic heterocycles. The van der Waals surface area contributed by atoms with Gasteiger partial charge in [-0.05, 0) is 93.0 Å². The first kappa shape index (κ1) is 25.7. The lowest BCUT2D eigenvalue weighted by molar-refractivity contribution is 0.660. The van der Waals surface area contributed by atoms with Crippen LogP contribution in [0.4, 0.5) is 0 Å². The summed E-state index contributed by atoms with van der Waals surface area (Å²) >= 11 is 1.75. The van der Waals surface area contributed by atoms with Gasteiger partial charge in [-0.15, -0.1) is 11.3 Å². The fourth-order valence-electron chi connectivity index (χ4n) is 7.71. The van der Waals surface area contributed by atoms with Gasteiger partial charge in [-0.3, -0.25) is 0 Å². The number of nitrogens with zero attached hydrogens (tertiary/aromatic N) is 2. The second-order valence-corrected chi connectivity index (χ2v) is 15.0.